The van der Waals surface area contributed by atoms with E-state index < -0.39 is 12.0 Å². The van der Waals surface area contributed by atoms with Crippen LogP contribution in [0.15, 0.2) is 86.2 Å². The van der Waals surface area contributed by atoms with Crippen LogP contribution in [0.4, 0.5) is 0 Å². The number of hydrogen-bond donors (Lipinski definition) is 0. The van der Waals surface area contributed by atoms with Crippen molar-refractivity contribution in [3.05, 3.63) is 123 Å². The first-order chi connectivity index (χ1) is 19.7. The van der Waals surface area contributed by atoms with Crippen LogP contribution in [0, 0.1) is 0 Å². The topological polar surface area (TPSA) is 79.1 Å². The minimum Gasteiger partial charge on any atom is -0.496 e. The maximum atomic E-state index is 13.9. The van der Waals surface area contributed by atoms with E-state index in [9.17, 15) is 9.59 Å². The highest BCUT2D eigenvalue weighted by Crippen LogP contribution is 2.37. The summed E-state index contributed by atoms with van der Waals surface area (Å²) in [4.78, 5) is 31.8. The molecule has 0 bridgehead atoms. The number of aromatic nitrogens is 1. The molecule has 0 saturated carbocycles. The molecule has 2 heterocycles. The van der Waals surface area contributed by atoms with Crippen LogP contribution in [-0.2, 0) is 16.1 Å². The Morgan fingerprint density at radius 1 is 1.10 bits per heavy atom. The number of carbonyl (C=O) groups is 1. The Hall–Kier alpha value is -3.37. The third kappa shape index (κ3) is 5.85. The van der Waals surface area contributed by atoms with Gasteiger partial charge in [0.05, 0.1) is 34.5 Å². The van der Waals surface area contributed by atoms with Gasteiger partial charge in [-0.25, -0.2) is 9.79 Å². The molecule has 0 saturated heterocycles. The predicted octanol–water partition coefficient (Wildman–Crippen LogP) is 6.07. The highest BCUT2D eigenvalue weighted by Gasteiger charge is 2.35. The van der Waals surface area contributed by atoms with E-state index in [1.54, 1.807) is 31.2 Å². The van der Waals surface area contributed by atoms with Crippen LogP contribution in [0.5, 0.6) is 11.5 Å². The van der Waals surface area contributed by atoms with Crippen molar-refractivity contribution in [2.24, 2.45) is 4.99 Å². The Bertz CT molecular complexity index is 1880. The highest BCUT2D eigenvalue weighted by atomic mass is 79.9. The van der Waals surface area contributed by atoms with Crippen molar-refractivity contribution in [1.29, 1.82) is 0 Å². The number of ether oxygens (including phenoxy) is 3. The van der Waals surface area contributed by atoms with Crippen LogP contribution in [0.2, 0.25) is 10.0 Å². The first-order valence-electron chi connectivity index (χ1n) is 12.3. The molecule has 1 aromatic heterocycles. The molecule has 0 aliphatic carbocycles. The standard InChI is InChI=1S/C30H23BrCl2N2O5S/c1-16-26(29(37)39-3)27(20-14-19(32)9-11-23(20)38-2)35-28(36)25(41-30(35)34-16)13-17-8-10-24(21(31)12-17)40-15-18-6-4-5-7-22(18)33/h4-14,27H,15H2,1-3H3/b25-13-/t27-/m1/s1. The van der Waals surface area contributed by atoms with E-state index in [1.165, 1.54) is 30.1 Å². The van der Waals surface area contributed by atoms with Crippen molar-refractivity contribution in [3.8, 4) is 11.5 Å². The highest BCUT2D eigenvalue weighted by molar-refractivity contribution is 9.10. The molecule has 11 heteroatoms. The number of esters is 1. The molecule has 0 spiro atoms. The van der Waals surface area contributed by atoms with Crippen molar-refractivity contribution < 1.29 is 19.0 Å². The molecule has 0 radical (unpaired) electrons. The lowest BCUT2D eigenvalue weighted by Gasteiger charge is -2.25. The lowest BCUT2D eigenvalue weighted by molar-refractivity contribution is -0.136. The summed E-state index contributed by atoms with van der Waals surface area (Å²) in [5.41, 5.74) is 2.55. The fraction of sp³-hybridized carbons (Fsp3) is 0.167. The Balaban J connectivity index is 1.57. The van der Waals surface area contributed by atoms with Crippen LogP contribution < -0.4 is 24.4 Å². The lowest BCUT2D eigenvalue weighted by atomic mass is 9.95. The number of allylic oxidation sites excluding steroid dienone is 1. The van der Waals surface area contributed by atoms with Gasteiger partial charge in [0.1, 0.15) is 24.1 Å². The minimum absolute atomic E-state index is 0.231. The molecular weight excluding hydrogens is 651 g/mol. The Morgan fingerprint density at radius 3 is 2.56 bits per heavy atom. The van der Waals surface area contributed by atoms with Crippen molar-refractivity contribution >= 4 is 62.5 Å². The van der Waals surface area contributed by atoms with Gasteiger partial charge in [-0.3, -0.25) is 9.36 Å². The van der Waals surface area contributed by atoms with Gasteiger partial charge in [0.25, 0.3) is 5.56 Å². The molecule has 5 rings (SSSR count). The fourth-order valence-electron chi connectivity index (χ4n) is 4.55. The van der Waals surface area contributed by atoms with Crippen molar-refractivity contribution in [1.82, 2.24) is 4.57 Å². The van der Waals surface area contributed by atoms with Gasteiger partial charge in [0.2, 0.25) is 0 Å². The van der Waals surface area contributed by atoms with Gasteiger partial charge in [-0.15, -0.1) is 0 Å². The molecule has 7 nitrogen and oxygen atoms in total. The monoisotopic (exact) mass is 672 g/mol. The second-order valence-electron chi connectivity index (χ2n) is 9.03. The van der Waals surface area contributed by atoms with Crippen LogP contribution >= 0.6 is 50.5 Å². The summed E-state index contributed by atoms with van der Waals surface area (Å²) in [6, 6.07) is 17.3. The first-order valence-corrected chi connectivity index (χ1v) is 14.7. The van der Waals surface area contributed by atoms with Crippen molar-refractivity contribution in [3.63, 3.8) is 0 Å². The van der Waals surface area contributed by atoms with Crippen molar-refractivity contribution in [2.45, 2.75) is 19.6 Å². The molecule has 4 aromatic rings. The maximum absolute atomic E-state index is 13.9. The summed E-state index contributed by atoms with van der Waals surface area (Å²) in [6.07, 6.45) is 1.77. The molecule has 0 unspecified atom stereocenters. The average Bonchev–Trinajstić information content (AvgIpc) is 3.26. The smallest absolute Gasteiger partial charge is 0.338 e. The number of halogens is 3. The SMILES string of the molecule is COC(=O)C1=C(C)N=c2s/c(=C\c3ccc(OCc4ccccc4Cl)c(Br)c3)c(=O)n2[C@@H]1c1cc(Cl)ccc1OC. The molecule has 1 aliphatic heterocycles. The zero-order valence-corrected chi connectivity index (χ0v) is 26.0. The Labute approximate surface area is 258 Å². The first kappa shape index (κ1) is 29.1. The Kier molecular flexibility index (Phi) is 8.70. The van der Waals surface area contributed by atoms with Crippen molar-refractivity contribution in [2.75, 3.05) is 14.2 Å². The van der Waals surface area contributed by atoms with E-state index in [0.29, 0.717) is 48.7 Å². The van der Waals surface area contributed by atoms with Gasteiger partial charge >= 0.3 is 5.97 Å². The van der Waals surface area contributed by atoms with Crippen LogP contribution in [0.3, 0.4) is 0 Å². The molecule has 1 atom stereocenters. The minimum atomic E-state index is -0.846. The largest absolute Gasteiger partial charge is 0.496 e. The van der Waals surface area contributed by atoms with E-state index in [0.717, 1.165) is 15.6 Å². The number of thiazole rings is 1. The van der Waals surface area contributed by atoms with Gasteiger partial charge in [-0.05, 0) is 70.9 Å². The third-order valence-electron chi connectivity index (χ3n) is 6.51. The molecule has 41 heavy (non-hydrogen) atoms. The summed E-state index contributed by atoms with van der Waals surface area (Å²) in [5.74, 6) is 0.514. The molecule has 1 aliphatic rings. The summed E-state index contributed by atoms with van der Waals surface area (Å²) >= 11 is 17.4. The fourth-order valence-corrected chi connectivity index (χ4v) is 6.48. The van der Waals surface area contributed by atoms with Crippen LogP contribution in [-0.4, -0.2) is 24.8 Å². The predicted molar refractivity (Wildman–Crippen MR) is 164 cm³/mol. The summed E-state index contributed by atoms with van der Waals surface area (Å²) in [5, 5.41) is 1.07. The zero-order valence-electron chi connectivity index (χ0n) is 22.1. The molecule has 0 fully saturated rings. The molecule has 0 amide bonds. The van der Waals surface area contributed by atoms with E-state index in [1.807, 2.05) is 42.5 Å². The van der Waals surface area contributed by atoms with Crippen LogP contribution in [0.25, 0.3) is 6.08 Å². The number of hydrogen-bond acceptors (Lipinski definition) is 7. The quantitative estimate of drug-likeness (QED) is 0.223. The number of benzene rings is 3. The summed E-state index contributed by atoms with van der Waals surface area (Å²) in [7, 11) is 2.81. The molecule has 0 N–H and O–H groups in total. The molecule has 210 valence electrons. The number of carbonyl (C=O) groups excluding carboxylic acids is 1. The third-order valence-corrected chi connectivity index (χ3v) is 8.71. The Morgan fingerprint density at radius 2 is 1.85 bits per heavy atom. The average molecular weight is 674 g/mol. The van der Waals surface area contributed by atoms with Gasteiger partial charge < -0.3 is 14.2 Å². The number of nitrogens with zero attached hydrogens (tertiary/aromatic N) is 2. The molecule has 3 aromatic carbocycles. The zero-order chi connectivity index (χ0) is 29.3. The van der Waals surface area contributed by atoms with Crippen LogP contribution in [0.1, 0.15) is 29.7 Å². The summed E-state index contributed by atoms with van der Waals surface area (Å²) in [6.45, 7) is 2.02. The van der Waals surface area contributed by atoms with Gasteiger partial charge in [0.15, 0.2) is 4.80 Å². The van der Waals surface area contributed by atoms with Gasteiger partial charge in [-0.1, -0.05) is 58.8 Å². The van der Waals surface area contributed by atoms with E-state index in [2.05, 4.69) is 20.9 Å². The molecular formula is C30H23BrCl2N2O5S. The number of fused-ring (bicyclic) bond motifs is 1. The summed E-state index contributed by atoms with van der Waals surface area (Å²) < 4.78 is 19.3. The normalized spacial score (nSPS) is 14.9. The number of rotatable bonds is 7. The second kappa shape index (κ2) is 12.2. The van der Waals surface area contributed by atoms with Gasteiger partial charge in [0, 0.05) is 21.2 Å². The number of methoxy groups -OCH3 is 2. The van der Waals surface area contributed by atoms with E-state index in [-0.39, 0.29) is 11.1 Å². The van der Waals surface area contributed by atoms with Gasteiger partial charge in [-0.2, -0.15) is 0 Å². The lowest BCUT2D eigenvalue weighted by Crippen LogP contribution is -2.40. The maximum Gasteiger partial charge on any atom is 0.338 e. The van der Waals surface area contributed by atoms with E-state index in [4.69, 9.17) is 37.4 Å². The van der Waals surface area contributed by atoms with E-state index >= 15 is 0 Å². The second-order valence-corrected chi connectivity index (χ2v) is 11.7.